The fraction of sp³-hybridized carbons (Fsp3) is 0.391. The number of carbonyl (C=O) groups is 2. The van der Waals surface area contributed by atoms with Gasteiger partial charge in [0.05, 0.1) is 25.7 Å². The number of hydrogen-bond acceptors (Lipinski definition) is 5. The van der Waals surface area contributed by atoms with E-state index in [2.05, 4.69) is 5.32 Å². The Kier molecular flexibility index (Phi) is 7.96. The lowest BCUT2D eigenvalue weighted by Gasteiger charge is -2.38. The van der Waals surface area contributed by atoms with Gasteiger partial charge in [0, 0.05) is 18.8 Å². The van der Waals surface area contributed by atoms with Gasteiger partial charge in [-0.05, 0) is 30.2 Å². The van der Waals surface area contributed by atoms with Gasteiger partial charge in [0.2, 0.25) is 11.8 Å². The van der Waals surface area contributed by atoms with E-state index in [0.29, 0.717) is 37.4 Å². The van der Waals surface area contributed by atoms with E-state index in [1.807, 2.05) is 37.3 Å². The quantitative estimate of drug-likeness (QED) is 0.617. The number of hydrogen-bond donors (Lipinski definition) is 2. The molecule has 2 unspecified atom stereocenters. The molecule has 2 N–H and O–H groups in total. The minimum absolute atomic E-state index is 0.0156. The van der Waals surface area contributed by atoms with Crippen molar-refractivity contribution < 1.29 is 24.2 Å². The molecule has 7 nitrogen and oxygen atoms in total. The zero-order chi connectivity index (χ0) is 21.3. The summed E-state index contributed by atoms with van der Waals surface area (Å²) in [5, 5.41) is 13.7. The molecule has 2 aromatic rings. The lowest BCUT2D eigenvalue weighted by molar-refractivity contribution is -0.155. The van der Waals surface area contributed by atoms with E-state index in [1.54, 1.807) is 29.2 Å². The average molecular weight is 412 g/mol. The van der Waals surface area contributed by atoms with Crippen molar-refractivity contribution in [3.63, 3.8) is 0 Å². The summed E-state index contributed by atoms with van der Waals surface area (Å²) < 4.78 is 10.7. The molecule has 160 valence electrons. The van der Waals surface area contributed by atoms with E-state index in [4.69, 9.17) is 9.47 Å². The molecule has 1 heterocycles. The van der Waals surface area contributed by atoms with Gasteiger partial charge in [-0.1, -0.05) is 42.5 Å². The Bertz CT molecular complexity index is 825. The van der Waals surface area contributed by atoms with Crippen molar-refractivity contribution in [2.24, 2.45) is 0 Å². The number of morpholine rings is 1. The molecule has 2 aromatic carbocycles. The smallest absolute Gasteiger partial charge is 0.249 e. The molecule has 0 saturated carbocycles. The summed E-state index contributed by atoms with van der Waals surface area (Å²) in [6, 6.07) is 16.0. The molecule has 30 heavy (non-hydrogen) atoms. The van der Waals surface area contributed by atoms with Crippen LogP contribution in [0.2, 0.25) is 0 Å². The van der Waals surface area contributed by atoms with Crippen LogP contribution in [-0.2, 0) is 25.5 Å². The summed E-state index contributed by atoms with van der Waals surface area (Å²) in [4.78, 5) is 26.1. The number of anilines is 1. The van der Waals surface area contributed by atoms with Crippen LogP contribution in [0.5, 0.6) is 0 Å². The first-order valence-electron chi connectivity index (χ1n) is 10.1. The molecule has 1 fully saturated rings. The maximum atomic E-state index is 12.2. The normalized spacial score (nSPS) is 17.6. The molecule has 2 amide bonds. The summed E-state index contributed by atoms with van der Waals surface area (Å²) >= 11 is 0. The lowest BCUT2D eigenvalue weighted by atomic mass is 10.00. The fourth-order valence-corrected chi connectivity index (χ4v) is 3.46. The van der Waals surface area contributed by atoms with E-state index in [-0.39, 0.29) is 25.0 Å². The third kappa shape index (κ3) is 5.89. The number of nitrogens with one attached hydrogen (secondary N) is 1. The van der Waals surface area contributed by atoms with Crippen molar-refractivity contribution in [2.45, 2.75) is 25.5 Å². The van der Waals surface area contributed by atoms with Gasteiger partial charge in [-0.15, -0.1) is 0 Å². The number of aliphatic hydroxyl groups is 1. The first kappa shape index (κ1) is 22.0. The monoisotopic (exact) mass is 412 g/mol. The number of rotatable bonds is 9. The molecule has 0 radical (unpaired) electrons. The molecule has 3 rings (SSSR count). The van der Waals surface area contributed by atoms with Crippen LogP contribution < -0.4 is 5.32 Å². The van der Waals surface area contributed by atoms with E-state index in [0.717, 1.165) is 5.56 Å². The van der Waals surface area contributed by atoms with Gasteiger partial charge < -0.3 is 24.8 Å². The third-order valence-corrected chi connectivity index (χ3v) is 5.02. The summed E-state index contributed by atoms with van der Waals surface area (Å²) in [5.74, 6) is -0.266. The minimum Gasteiger partial charge on any atom is -0.386 e. The number of ether oxygens (including phenoxy) is 2. The molecule has 2 atom stereocenters. The highest BCUT2D eigenvalue weighted by atomic mass is 16.5. The van der Waals surface area contributed by atoms with Crippen LogP contribution in [0.15, 0.2) is 54.6 Å². The van der Waals surface area contributed by atoms with Gasteiger partial charge in [-0.2, -0.15) is 0 Å². The van der Waals surface area contributed by atoms with Gasteiger partial charge in [0.1, 0.15) is 12.7 Å². The van der Waals surface area contributed by atoms with E-state index < -0.39 is 12.1 Å². The Hall–Kier alpha value is -2.74. The van der Waals surface area contributed by atoms with Crippen LogP contribution in [0.4, 0.5) is 5.69 Å². The predicted molar refractivity (Wildman–Crippen MR) is 113 cm³/mol. The van der Waals surface area contributed by atoms with Crippen molar-refractivity contribution in [3.8, 4) is 0 Å². The maximum absolute atomic E-state index is 12.2. The summed E-state index contributed by atoms with van der Waals surface area (Å²) in [5.41, 5.74) is 2.24. The molecule has 1 aliphatic rings. The van der Waals surface area contributed by atoms with E-state index >= 15 is 0 Å². The van der Waals surface area contributed by atoms with E-state index in [9.17, 15) is 14.7 Å². The second-order valence-electron chi connectivity index (χ2n) is 7.14. The zero-order valence-electron chi connectivity index (χ0n) is 17.1. The van der Waals surface area contributed by atoms with Crippen LogP contribution >= 0.6 is 0 Å². The highest BCUT2D eigenvalue weighted by molar-refractivity contribution is 5.92. The molecule has 0 aromatic heterocycles. The second-order valence-corrected chi connectivity index (χ2v) is 7.14. The maximum Gasteiger partial charge on any atom is 0.249 e. The summed E-state index contributed by atoms with van der Waals surface area (Å²) in [6.45, 7) is 3.57. The Labute approximate surface area is 176 Å². The minimum atomic E-state index is -0.898. The predicted octanol–water partition coefficient (Wildman–Crippen LogP) is 2.17. The van der Waals surface area contributed by atoms with Crippen LogP contribution in [0.1, 0.15) is 24.2 Å². The molecule has 1 aliphatic heterocycles. The Balaban J connectivity index is 1.61. The van der Waals surface area contributed by atoms with Crippen LogP contribution in [0.3, 0.4) is 0 Å². The second kappa shape index (κ2) is 10.9. The molecule has 7 heteroatoms. The summed E-state index contributed by atoms with van der Waals surface area (Å²) in [7, 11) is 0. The fourth-order valence-electron chi connectivity index (χ4n) is 3.46. The van der Waals surface area contributed by atoms with Crippen LogP contribution in [-0.4, -0.2) is 60.8 Å². The van der Waals surface area contributed by atoms with Gasteiger partial charge in [0.15, 0.2) is 0 Å². The van der Waals surface area contributed by atoms with Gasteiger partial charge in [0.25, 0.3) is 0 Å². The number of benzene rings is 2. The number of nitrogens with zero attached hydrogens (tertiary/aromatic N) is 1. The molecule has 1 saturated heterocycles. The van der Waals surface area contributed by atoms with Gasteiger partial charge in [-0.25, -0.2) is 0 Å². The summed E-state index contributed by atoms with van der Waals surface area (Å²) in [6.07, 6.45) is -0.605. The highest BCUT2D eigenvalue weighted by Crippen LogP contribution is 2.25. The molecular formula is C23H28N2O5. The Morgan fingerprint density at radius 2 is 1.97 bits per heavy atom. The van der Waals surface area contributed by atoms with Crippen molar-refractivity contribution in [1.82, 2.24) is 4.90 Å². The zero-order valence-corrected chi connectivity index (χ0v) is 17.1. The van der Waals surface area contributed by atoms with Crippen molar-refractivity contribution in [2.75, 3.05) is 38.3 Å². The Morgan fingerprint density at radius 1 is 1.23 bits per heavy atom. The number of carbonyl (C=O) groups excluding carboxylic acids is 2. The van der Waals surface area contributed by atoms with Gasteiger partial charge in [-0.3, -0.25) is 9.59 Å². The van der Waals surface area contributed by atoms with Crippen LogP contribution in [0, 0.1) is 0 Å². The lowest BCUT2D eigenvalue weighted by Crippen LogP contribution is -2.53. The molecule has 0 spiro atoms. The van der Waals surface area contributed by atoms with E-state index in [1.165, 1.54) is 0 Å². The average Bonchev–Trinajstić information content (AvgIpc) is 2.75. The first-order chi connectivity index (χ1) is 14.6. The molecular weight excluding hydrogens is 384 g/mol. The first-order valence-corrected chi connectivity index (χ1v) is 10.1. The SMILES string of the molecule is CCOCCN1C(=O)COCC1C(O)c1ccc(NC(=O)Cc2ccccc2)cc1. The highest BCUT2D eigenvalue weighted by Gasteiger charge is 2.34. The van der Waals surface area contributed by atoms with Crippen LogP contribution in [0.25, 0.3) is 0 Å². The van der Waals surface area contributed by atoms with Crippen molar-refractivity contribution in [3.05, 3.63) is 65.7 Å². The Morgan fingerprint density at radius 3 is 2.67 bits per heavy atom. The molecule has 0 bridgehead atoms. The van der Waals surface area contributed by atoms with Gasteiger partial charge >= 0.3 is 0 Å². The van der Waals surface area contributed by atoms with Crippen molar-refractivity contribution in [1.29, 1.82) is 0 Å². The largest absolute Gasteiger partial charge is 0.386 e. The number of amides is 2. The van der Waals surface area contributed by atoms with Crippen molar-refractivity contribution >= 4 is 17.5 Å². The topological polar surface area (TPSA) is 88.1 Å². The standard InChI is InChI=1S/C23H28N2O5/c1-2-29-13-12-25-20(15-30-16-22(25)27)23(28)18-8-10-19(11-9-18)24-21(26)14-17-6-4-3-5-7-17/h3-11,20,23,28H,2,12-16H2,1H3,(H,24,26). The number of aliphatic hydroxyl groups excluding tert-OH is 1. The third-order valence-electron chi connectivity index (χ3n) is 5.02. The molecule has 0 aliphatic carbocycles.